The van der Waals surface area contributed by atoms with Gasteiger partial charge in [0.25, 0.3) is 0 Å². The van der Waals surface area contributed by atoms with Crippen molar-refractivity contribution >= 4 is 11.5 Å². The SMILES string of the molecule is COCCn1ncc([N+](=O)[O-])c1N. The van der Waals surface area contributed by atoms with Gasteiger partial charge in [-0.3, -0.25) is 10.1 Å². The van der Waals surface area contributed by atoms with Crippen LogP contribution in [0.5, 0.6) is 0 Å². The van der Waals surface area contributed by atoms with Gasteiger partial charge in [-0.2, -0.15) is 5.10 Å². The fraction of sp³-hybridized carbons (Fsp3) is 0.500. The standard InChI is InChI=1S/C6H10N4O3/c1-13-3-2-9-6(7)5(4-8-9)10(11)12/h4H,2-3,7H2,1H3. The summed E-state index contributed by atoms with van der Waals surface area (Å²) < 4.78 is 6.12. The summed E-state index contributed by atoms with van der Waals surface area (Å²) in [7, 11) is 1.54. The van der Waals surface area contributed by atoms with Crippen LogP contribution in [-0.4, -0.2) is 28.4 Å². The Kier molecular flexibility index (Phi) is 2.80. The fourth-order valence-corrected chi connectivity index (χ4v) is 0.882. The van der Waals surface area contributed by atoms with E-state index in [-0.39, 0.29) is 11.5 Å². The third-order valence-electron chi connectivity index (χ3n) is 1.56. The molecule has 1 aromatic rings. The van der Waals surface area contributed by atoms with Crippen LogP contribution in [0.4, 0.5) is 11.5 Å². The van der Waals surface area contributed by atoms with Gasteiger partial charge in [-0.1, -0.05) is 0 Å². The van der Waals surface area contributed by atoms with E-state index in [9.17, 15) is 10.1 Å². The molecule has 1 rings (SSSR count). The zero-order valence-electron chi connectivity index (χ0n) is 7.14. The van der Waals surface area contributed by atoms with Crippen molar-refractivity contribution in [3.8, 4) is 0 Å². The molecule has 0 aliphatic heterocycles. The van der Waals surface area contributed by atoms with Crippen molar-refractivity contribution in [3.05, 3.63) is 16.3 Å². The van der Waals surface area contributed by atoms with E-state index in [0.717, 1.165) is 6.20 Å². The molecule has 2 N–H and O–H groups in total. The normalized spacial score (nSPS) is 10.2. The Bertz CT molecular complexity index is 309. The number of rotatable bonds is 4. The second-order valence-electron chi connectivity index (χ2n) is 2.39. The number of nitro groups is 1. The molecule has 0 saturated heterocycles. The summed E-state index contributed by atoms with van der Waals surface area (Å²) in [6.45, 7) is 0.833. The molecule has 72 valence electrons. The Balaban J connectivity index is 2.80. The largest absolute Gasteiger partial charge is 0.383 e. The first kappa shape index (κ1) is 9.46. The van der Waals surface area contributed by atoms with Crippen LogP contribution in [0.2, 0.25) is 0 Å². The third kappa shape index (κ3) is 1.94. The first-order chi connectivity index (χ1) is 6.16. The highest BCUT2D eigenvalue weighted by Crippen LogP contribution is 2.19. The van der Waals surface area contributed by atoms with E-state index in [1.165, 1.54) is 11.8 Å². The quantitative estimate of drug-likeness (QED) is 0.528. The monoisotopic (exact) mass is 186 g/mol. The Labute approximate surface area is 74.2 Å². The van der Waals surface area contributed by atoms with Gasteiger partial charge in [0.05, 0.1) is 18.1 Å². The maximum Gasteiger partial charge on any atom is 0.330 e. The van der Waals surface area contributed by atoms with Gasteiger partial charge in [-0.15, -0.1) is 0 Å². The minimum Gasteiger partial charge on any atom is -0.383 e. The number of nitrogens with zero attached hydrogens (tertiary/aromatic N) is 3. The molecule has 7 nitrogen and oxygen atoms in total. The van der Waals surface area contributed by atoms with Gasteiger partial charge in [0.1, 0.15) is 6.20 Å². The summed E-state index contributed by atoms with van der Waals surface area (Å²) in [5.74, 6) is 0.0575. The second kappa shape index (κ2) is 3.85. The highest BCUT2D eigenvalue weighted by Gasteiger charge is 2.16. The third-order valence-corrected chi connectivity index (χ3v) is 1.56. The number of anilines is 1. The molecule has 0 atom stereocenters. The molecule has 0 spiro atoms. The van der Waals surface area contributed by atoms with Gasteiger partial charge in [0.15, 0.2) is 0 Å². The Morgan fingerprint density at radius 2 is 2.54 bits per heavy atom. The maximum absolute atomic E-state index is 10.3. The van der Waals surface area contributed by atoms with Gasteiger partial charge in [-0.25, -0.2) is 4.68 Å². The lowest BCUT2D eigenvalue weighted by Gasteiger charge is -2.00. The number of hydrogen-bond donors (Lipinski definition) is 1. The van der Waals surface area contributed by atoms with E-state index in [1.807, 2.05) is 0 Å². The van der Waals surface area contributed by atoms with E-state index in [0.29, 0.717) is 13.2 Å². The molecule has 1 aromatic heterocycles. The van der Waals surface area contributed by atoms with Crippen molar-refractivity contribution in [2.45, 2.75) is 6.54 Å². The number of ether oxygens (including phenoxy) is 1. The van der Waals surface area contributed by atoms with E-state index in [1.54, 1.807) is 0 Å². The van der Waals surface area contributed by atoms with Crippen LogP contribution in [0.1, 0.15) is 0 Å². The van der Waals surface area contributed by atoms with Gasteiger partial charge in [0, 0.05) is 7.11 Å². The summed E-state index contributed by atoms with van der Waals surface area (Å²) >= 11 is 0. The predicted molar refractivity (Wildman–Crippen MR) is 45.2 cm³/mol. The van der Waals surface area contributed by atoms with Crippen molar-refractivity contribution < 1.29 is 9.66 Å². The second-order valence-corrected chi connectivity index (χ2v) is 2.39. The zero-order valence-corrected chi connectivity index (χ0v) is 7.14. The molecule has 0 aromatic carbocycles. The molecular formula is C6H10N4O3. The van der Waals surface area contributed by atoms with Crippen LogP contribution in [0.25, 0.3) is 0 Å². The molecule has 1 heterocycles. The van der Waals surface area contributed by atoms with Crippen molar-refractivity contribution in [1.29, 1.82) is 0 Å². The minimum absolute atomic E-state index is 0.0575. The van der Waals surface area contributed by atoms with Crippen molar-refractivity contribution in [1.82, 2.24) is 9.78 Å². The number of hydrogen-bond acceptors (Lipinski definition) is 5. The molecular weight excluding hydrogens is 176 g/mol. The lowest BCUT2D eigenvalue weighted by Crippen LogP contribution is -2.09. The number of nitrogen functional groups attached to an aromatic ring is 1. The lowest BCUT2D eigenvalue weighted by atomic mass is 10.5. The van der Waals surface area contributed by atoms with Crippen LogP contribution in [0, 0.1) is 10.1 Å². The topological polar surface area (TPSA) is 96.2 Å². The van der Waals surface area contributed by atoms with E-state index < -0.39 is 4.92 Å². The summed E-state index contributed by atoms with van der Waals surface area (Å²) in [6.07, 6.45) is 1.13. The Morgan fingerprint density at radius 1 is 1.85 bits per heavy atom. The van der Waals surface area contributed by atoms with Crippen LogP contribution in [0.3, 0.4) is 0 Å². The molecule has 0 unspecified atom stereocenters. The van der Waals surface area contributed by atoms with E-state index in [2.05, 4.69) is 5.10 Å². The molecule has 0 radical (unpaired) electrons. The molecule has 0 fully saturated rings. The van der Waals surface area contributed by atoms with E-state index >= 15 is 0 Å². The van der Waals surface area contributed by atoms with Gasteiger partial charge < -0.3 is 10.5 Å². The molecule has 0 bridgehead atoms. The molecule has 0 saturated carbocycles. The average Bonchev–Trinajstić information content (AvgIpc) is 2.43. The molecule has 0 amide bonds. The number of nitrogens with two attached hydrogens (primary N) is 1. The van der Waals surface area contributed by atoms with Crippen LogP contribution >= 0.6 is 0 Å². The number of methoxy groups -OCH3 is 1. The van der Waals surface area contributed by atoms with Crippen LogP contribution in [-0.2, 0) is 11.3 Å². The highest BCUT2D eigenvalue weighted by molar-refractivity contribution is 5.51. The highest BCUT2D eigenvalue weighted by atomic mass is 16.6. The van der Waals surface area contributed by atoms with Crippen LogP contribution < -0.4 is 5.73 Å². The van der Waals surface area contributed by atoms with Crippen molar-refractivity contribution in [2.24, 2.45) is 0 Å². The summed E-state index contributed by atoms with van der Waals surface area (Å²) in [4.78, 5) is 9.79. The molecule has 13 heavy (non-hydrogen) atoms. The first-order valence-corrected chi connectivity index (χ1v) is 3.61. The fourth-order valence-electron chi connectivity index (χ4n) is 0.882. The summed E-state index contributed by atoms with van der Waals surface area (Å²) in [5.41, 5.74) is 5.28. The Morgan fingerprint density at radius 3 is 3.00 bits per heavy atom. The van der Waals surface area contributed by atoms with Gasteiger partial charge in [-0.05, 0) is 0 Å². The van der Waals surface area contributed by atoms with Crippen molar-refractivity contribution in [2.75, 3.05) is 19.5 Å². The minimum atomic E-state index is -0.564. The Hall–Kier alpha value is -1.63. The summed E-state index contributed by atoms with van der Waals surface area (Å²) in [6, 6.07) is 0. The lowest BCUT2D eigenvalue weighted by molar-refractivity contribution is -0.384. The zero-order chi connectivity index (χ0) is 9.84. The van der Waals surface area contributed by atoms with E-state index in [4.69, 9.17) is 10.5 Å². The smallest absolute Gasteiger partial charge is 0.330 e. The maximum atomic E-state index is 10.3. The summed E-state index contributed by atoms with van der Waals surface area (Å²) in [5, 5.41) is 14.1. The molecule has 0 aliphatic rings. The molecule has 7 heteroatoms. The van der Waals surface area contributed by atoms with Gasteiger partial charge in [0.2, 0.25) is 5.82 Å². The molecule has 0 aliphatic carbocycles. The number of aromatic nitrogens is 2. The predicted octanol–water partition coefficient (Wildman–Crippen LogP) is 0.0199. The first-order valence-electron chi connectivity index (χ1n) is 3.61. The average molecular weight is 186 g/mol. The van der Waals surface area contributed by atoms with Gasteiger partial charge >= 0.3 is 5.69 Å². The van der Waals surface area contributed by atoms with Crippen LogP contribution in [0.15, 0.2) is 6.20 Å². The van der Waals surface area contributed by atoms with Crippen molar-refractivity contribution in [3.63, 3.8) is 0 Å².